The van der Waals surface area contributed by atoms with Crippen LogP contribution in [0, 0.1) is 0 Å². The molecule has 3 rings (SSSR count). The zero-order valence-electron chi connectivity index (χ0n) is 11.0. The molecule has 0 radical (unpaired) electrons. The minimum atomic E-state index is -0.589. The first kappa shape index (κ1) is 14.7. The van der Waals surface area contributed by atoms with E-state index in [1.807, 2.05) is 5.43 Å². The number of nitrogens with two attached hydrogens (primary N) is 2. The van der Waals surface area contributed by atoms with Gasteiger partial charge in [0.25, 0.3) is 11.5 Å². The Balaban J connectivity index is 2.38. The highest BCUT2D eigenvalue weighted by atomic mass is 79.9. The number of fused-ring (bicyclic) bond motifs is 1. The summed E-state index contributed by atoms with van der Waals surface area (Å²) < 4.78 is 2.00. The number of nitrogens with zero attached hydrogens (tertiary/aromatic N) is 2. The van der Waals surface area contributed by atoms with Crippen LogP contribution in [0.2, 0.25) is 0 Å². The molecule has 2 heterocycles. The molecular weight excluding hydrogens is 370 g/mol. The van der Waals surface area contributed by atoms with E-state index in [4.69, 9.17) is 11.6 Å². The Labute approximate surface area is 136 Å². The van der Waals surface area contributed by atoms with Gasteiger partial charge in [0.05, 0.1) is 16.1 Å². The predicted molar refractivity (Wildman–Crippen MR) is 89.0 cm³/mol. The molecule has 1 amide bonds. The van der Waals surface area contributed by atoms with Crippen LogP contribution in [-0.2, 0) is 0 Å². The third-order valence-corrected chi connectivity index (χ3v) is 4.44. The Morgan fingerprint density at radius 1 is 1.32 bits per heavy atom. The molecule has 0 fully saturated rings. The molecule has 0 saturated heterocycles. The first-order chi connectivity index (χ1) is 10.5. The lowest BCUT2D eigenvalue weighted by Gasteiger charge is -2.08. The van der Waals surface area contributed by atoms with Crippen LogP contribution < -0.4 is 22.6 Å². The monoisotopic (exact) mass is 379 g/mol. The first-order valence-corrected chi connectivity index (χ1v) is 7.77. The molecule has 0 aliphatic carbocycles. The Morgan fingerprint density at radius 2 is 2.00 bits per heavy atom. The van der Waals surface area contributed by atoms with Crippen LogP contribution in [-0.4, -0.2) is 15.7 Å². The van der Waals surface area contributed by atoms with Crippen molar-refractivity contribution in [2.24, 2.45) is 5.84 Å². The van der Waals surface area contributed by atoms with E-state index in [0.717, 1.165) is 9.15 Å². The molecule has 9 heteroatoms. The highest BCUT2D eigenvalue weighted by Crippen LogP contribution is 2.27. The van der Waals surface area contributed by atoms with Crippen LogP contribution >= 0.6 is 27.3 Å². The lowest BCUT2D eigenvalue weighted by atomic mass is 10.2. The minimum absolute atomic E-state index is 0.0490. The van der Waals surface area contributed by atoms with Crippen LogP contribution in [0.3, 0.4) is 0 Å². The number of amides is 1. The lowest BCUT2D eigenvalue weighted by Crippen LogP contribution is -2.33. The van der Waals surface area contributed by atoms with Crippen LogP contribution in [0.5, 0.6) is 0 Å². The van der Waals surface area contributed by atoms with Crippen molar-refractivity contribution in [2.45, 2.75) is 0 Å². The average Bonchev–Trinajstić information content (AvgIpc) is 2.91. The maximum atomic E-state index is 12.6. The molecule has 0 atom stereocenters. The molecular formula is C13H10BrN5O2S. The van der Waals surface area contributed by atoms with Crippen molar-refractivity contribution in [1.29, 1.82) is 0 Å². The lowest BCUT2D eigenvalue weighted by molar-refractivity contribution is 0.0949. The Bertz CT molecular complexity index is 932. The molecule has 22 heavy (non-hydrogen) atoms. The largest absolute Gasteiger partial charge is 0.390 e. The maximum absolute atomic E-state index is 12.6. The van der Waals surface area contributed by atoms with E-state index in [0.29, 0.717) is 16.1 Å². The van der Waals surface area contributed by atoms with Gasteiger partial charge in [-0.3, -0.25) is 15.0 Å². The highest BCUT2D eigenvalue weighted by Gasteiger charge is 2.19. The number of hydrogen-bond acceptors (Lipinski definition) is 6. The van der Waals surface area contributed by atoms with Gasteiger partial charge in [-0.15, -0.1) is 11.3 Å². The molecule has 0 bridgehead atoms. The number of rotatable bonds is 2. The predicted octanol–water partition coefficient (Wildman–Crippen LogP) is 1.40. The molecule has 7 nitrogen and oxygen atoms in total. The SMILES string of the molecule is NNC(=O)c1nn(-c2ccc(Br)cc2)c(=O)c2c(N)scc12. The third kappa shape index (κ3) is 2.28. The summed E-state index contributed by atoms with van der Waals surface area (Å²) in [5.41, 5.74) is 8.08. The summed E-state index contributed by atoms with van der Waals surface area (Å²) in [5.74, 6) is 4.60. The second kappa shape index (κ2) is 5.52. The number of aromatic nitrogens is 2. The van der Waals surface area contributed by atoms with Crippen LogP contribution in [0.1, 0.15) is 10.5 Å². The van der Waals surface area contributed by atoms with Crippen LogP contribution in [0.15, 0.2) is 38.9 Å². The van der Waals surface area contributed by atoms with Gasteiger partial charge in [-0.25, -0.2) is 5.84 Å². The summed E-state index contributed by atoms with van der Waals surface area (Å²) in [6.07, 6.45) is 0. The van der Waals surface area contributed by atoms with Crippen molar-refractivity contribution < 1.29 is 4.79 Å². The maximum Gasteiger partial charge on any atom is 0.286 e. The van der Waals surface area contributed by atoms with Crippen LogP contribution in [0.25, 0.3) is 16.5 Å². The quantitative estimate of drug-likeness (QED) is 0.353. The molecule has 112 valence electrons. The number of hydrogen-bond donors (Lipinski definition) is 3. The molecule has 0 spiro atoms. The molecule has 1 aromatic carbocycles. The van der Waals surface area contributed by atoms with Gasteiger partial charge in [0.2, 0.25) is 0 Å². The number of hydrazine groups is 1. The van der Waals surface area contributed by atoms with Gasteiger partial charge in [-0.1, -0.05) is 15.9 Å². The molecule has 0 aliphatic rings. The van der Waals surface area contributed by atoms with Gasteiger partial charge in [0.1, 0.15) is 0 Å². The van der Waals surface area contributed by atoms with Gasteiger partial charge in [0, 0.05) is 15.2 Å². The standard InChI is InChI=1S/C13H10BrN5O2S/c14-6-1-3-7(4-2-6)19-13(21)9-8(5-22-11(9)15)10(18-19)12(20)17-16/h1-5H,15-16H2,(H,17,20). The fraction of sp³-hybridized carbons (Fsp3) is 0. The number of anilines is 1. The molecule has 0 aliphatic heterocycles. The first-order valence-electron chi connectivity index (χ1n) is 6.10. The number of nitrogen functional groups attached to an aromatic ring is 2. The normalized spacial score (nSPS) is 10.8. The number of benzene rings is 1. The average molecular weight is 380 g/mol. The van der Waals surface area contributed by atoms with E-state index < -0.39 is 5.91 Å². The summed E-state index contributed by atoms with van der Waals surface area (Å²) in [6, 6.07) is 6.95. The summed E-state index contributed by atoms with van der Waals surface area (Å²) in [4.78, 5) is 24.5. The number of carbonyl (C=O) groups is 1. The molecule has 0 saturated carbocycles. The smallest absolute Gasteiger partial charge is 0.286 e. The van der Waals surface area contributed by atoms with Gasteiger partial charge in [-0.05, 0) is 24.3 Å². The third-order valence-electron chi connectivity index (χ3n) is 3.10. The van der Waals surface area contributed by atoms with Crippen molar-refractivity contribution >= 4 is 48.9 Å². The van der Waals surface area contributed by atoms with Gasteiger partial charge in [0.15, 0.2) is 5.69 Å². The summed E-state index contributed by atoms with van der Waals surface area (Å²) >= 11 is 4.50. The van der Waals surface area contributed by atoms with Crippen molar-refractivity contribution in [3.8, 4) is 5.69 Å². The Hall–Kier alpha value is -2.23. The van der Waals surface area contributed by atoms with Gasteiger partial charge < -0.3 is 5.73 Å². The van der Waals surface area contributed by atoms with Crippen molar-refractivity contribution in [1.82, 2.24) is 15.2 Å². The Kier molecular flexibility index (Phi) is 3.69. The van der Waals surface area contributed by atoms with Crippen LogP contribution in [0.4, 0.5) is 5.00 Å². The number of halogens is 1. The minimum Gasteiger partial charge on any atom is -0.390 e. The van der Waals surface area contributed by atoms with E-state index in [1.54, 1.807) is 29.6 Å². The second-order valence-corrected chi connectivity index (χ2v) is 6.23. The number of nitrogens with one attached hydrogen (secondary N) is 1. The van der Waals surface area contributed by atoms with E-state index in [2.05, 4.69) is 21.0 Å². The zero-order chi connectivity index (χ0) is 15.9. The van der Waals surface area contributed by atoms with E-state index in [-0.39, 0.29) is 16.6 Å². The zero-order valence-corrected chi connectivity index (χ0v) is 13.4. The molecule has 0 unspecified atom stereocenters. The summed E-state index contributed by atoms with van der Waals surface area (Å²) in [5, 5.41) is 6.74. The fourth-order valence-electron chi connectivity index (χ4n) is 2.07. The topological polar surface area (TPSA) is 116 Å². The van der Waals surface area contributed by atoms with Gasteiger partial charge >= 0.3 is 0 Å². The molecule has 5 N–H and O–H groups in total. The number of carbonyl (C=O) groups excluding carboxylic acids is 1. The summed E-state index contributed by atoms with van der Waals surface area (Å²) in [7, 11) is 0. The molecule has 2 aromatic heterocycles. The van der Waals surface area contributed by atoms with E-state index in [9.17, 15) is 9.59 Å². The van der Waals surface area contributed by atoms with Crippen molar-refractivity contribution in [3.05, 3.63) is 50.2 Å². The molecule has 3 aromatic rings. The fourth-order valence-corrected chi connectivity index (χ4v) is 3.12. The van der Waals surface area contributed by atoms with Crippen molar-refractivity contribution in [3.63, 3.8) is 0 Å². The Morgan fingerprint density at radius 3 is 2.64 bits per heavy atom. The number of thiophene rings is 1. The second-order valence-electron chi connectivity index (χ2n) is 4.40. The highest BCUT2D eigenvalue weighted by molar-refractivity contribution is 9.10. The van der Waals surface area contributed by atoms with E-state index >= 15 is 0 Å². The van der Waals surface area contributed by atoms with Crippen molar-refractivity contribution in [2.75, 3.05) is 5.73 Å². The van der Waals surface area contributed by atoms with E-state index in [1.165, 1.54) is 11.3 Å². The van der Waals surface area contributed by atoms with Gasteiger partial charge in [-0.2, -0.15) is 9.78 Å². The summed E-state index contributed by atoms with van der Waals surface area (Å²) in [6.45, 7) is 0.